The third kappa shape index (κ3) is 3.06. The van der Waals surface area contributed by atoms with Crippen LogP contribution in [0.15, 0.2) is 18.2 Å². The van der Waals surface area contributed by atoms with E-state index in [1.54, 1.807) is 6.07 Å². The van der Waals surface area contributed by atoms with Crippen molar-refractivity contribution in [2.45, 2.75) is 12.3 Å². The number of rotatable bonds is 3. The van der Waals surface area contributed by atoms with Gasteiger partial charge in [0.15, 0.2) is 0 Å². The van der Waals surface area contributed by atoms with Crippen LogP contribution in [0.3, 0.4) is 0 Å². The van der Waals surface area contributed by atoms with Crippen LogP contribution < -0.4 is 4.74 Å². The number of alkyl halides is 1. The number of aromatic carboxylic acids is 1. The van der Waals surface area contributed by atoms with E-state index in [0.717, 1.165) is 5.56 Å². The second kappa shape index (κ2) is 4.93. The minimum absolute atomic E-state index is 0.0119. The van der Waals surface area contributed by atoms with Gasteiger partial charge in [0.2, 0.25) is 0 Å². The number of esters is 1. The van der Waals surface area contributed by atoms with Crippen molar-refractivity contribution in [3.05, 3.63) is 29.3 Å². The summed E-state index contributed by atoms with van der Waals surface area (Å²) in [6.07, 6.45) is 0. The van der Waals surface area contributed by atoms with Gasteiger partial charge >= 0.3 is 11.9 Å². The molecule has 1 N–H and O–H groups in total. The first-order chi connectivity index (χ1) is 7.04. The maximum absolute atomic E-state index is 10.9. The Morgan fingerprint density at radius 2 is 2.13 bits per heavy atom. The Bertz CT molecular complexity index is 400. The Hall–Kier alpha value is -1.36. The molecule has 80 valence electrons. The zero-order valence-electron chi connectivity index (χ0n) is 7.99. The van der Waals surface area contributed by atoms with Crippen LogP contribution in [0.5, 0.6) is 5.75 Å². The van der Waals surface area contributed by atoms with E-state index in [2.05, 4.69) is 15.9 Å². The highest BCUT2D eigenvalue weighted by molar-refractivity contribution is 9.08. The van der Waals surface area contributed by atoms with Crippen LogP contribution in [0.4, 0.5) is 0 Å². The minimum atomic E-state index is -1.12. The summed E-state index contributed by atoms with van der Waals surface area (Å²) in [4.78, 5) is 21.6. The average molecular weight is 273 g/mol. The molecule has 1 rings (SSSR count). The average Bonchev–Trinajstić information content (AvgIpc) is 2.17. The number of hydrogen-bond acceptors (Lipinski definition) is 3. The molecule has 0 aliphatic rings. The summed E-state index contributed by atoms with van der Waals surface area (Å²) in [5, 5.41) is 9.44. The van der Waals surface area contributed by atoms with Gasteiger partial charge in [-0.1, -0.05) is 22.0 Å². The predicted octanol–water partition coefficient (Wildman–Crippen LogP) is 2.20. The Morgan fingerprint density at radius 1 is 1.47 bits per heavy atom. The molecule has 0 unspecified atom stereocenters. The molecule has 0 radical (unpaired) electrons. The van der Waals surface area contributed by atoms with Crippen LogP contribution >= 0.6 is 15.9 Å². The number of benzene rings is 1. The van der Waals surface area contributed by atoms with E-state index in [-0.39, 0.29) is 11.3 Å². The second-order valence-electron chi connectivity index (χ2n) is 2.86. The number of carbonyl (C=O) groups is 2. The summed E-state index contributed by atoms with van der Waals surface area (Å²) < 4.78 is 4.77. The van der Waals surface area contributed by atoms with Gasteiger partial charge in [-0.05, 0) is 17.7 Å². The first-order valence-electron chi connectivity index (χ1n) is 4.15. The van der Waals surface area contributed by atoms with Gasteiger partial charge in [0.25, 0.3) is 0 Å². The van der Waals surface area contributed by atoms with Crippen molar-refractivity contribution in [3.63, 3.8) is 0 Å². The molecule has 1 aromatic rings. The van der Waals surface area contributed by atoms with Gasteiger partial charge < -0.3 is 9.84 Å². The molecule has 5 heteroatoms. The third-order valence-corrected chi connectivity index (χ3v) is 2.33. The summed E-state index contributed by atoms with van der Waals surface area (Å²) in [6.45, 7) is 1.23. The third-order valence-electron chi connectivity index (χ3n) is 1.68. The molecule has 0 heterocycles. The molecule has 1 aromatic carbocycles. The molecular formula is C10H9BrO4. The summed E-state index contributed by atoms with van der Waals surface area (Å²) in [5.41, 5.74) is 0.797. The Balaban J connectivity index is 3.15. The molecule has 0 atom stereocenters. The van der Waals surface area contributed by atoms with Gasteiger partial charge in [-0.25, -0.2) is 4.79 Å². The number of ether oxygens (including phenoxy) is 1. The van der Waals surface area contributed by atoms with Crippen LogP contribution in [-0.2, 0) is 10.1 Å². The van der Waals surface area contributed by atoms with Crippen molar-refractivity contribution >= 4 is 27.9 Å². The van der Waals surface area contributed by atoms with E-state index in [0.29, 0.717) is 5.33 Å². The van der Waals surface area contributed by atoms with Crippen molar-refractivity contribution in [3.8, 4) is 5.75 Å². The molecule has 0 saturated carbocycles. The number of carbonyl (C=O) groups excluding carboxylic acids is 1. The summed E-state index contributed by atoms with van der Waals surface area (Å²) in [6, 6.07) is 4.64. The van der Waals surface area contributed by atoms with Crippen molar-refractivity contribution in [1.82, 2.24) is 0 Å². The van der Waals surface area contributed by atoms with Crippen LogP contribution in [0.25, 0.3) is 0 Å². The number of carboxylic acid groups (broad SMARTS) is 1. The fourth-order valence-corrected chi connectivity index (χ4v) is 1.42. The molecule has 0 aromatic heterocycles. The Labute approximate surface area is 95.0 Å². The lowest BCUT2D eigenvalue weighted by atomic mass is 10.1. The zero-order chi connectivity index (χ0) is 11.4. The summed E-state index contributed by atoms with van der Waals surface area (Å²) in [7, 11) is 0. The quantitative estimate of drug-likeness (QED) is 0.521. The molecule has 0 aliphatic carbocycles. The standard InChI is InChI=1S/C10H9BrO4/c1-6(12)15-9-3-2-7(5-11)4-8(9)10(13)14/h2-4H,5H2,1H3,(H,13,14). The lowest BCUT2D eigenvalue weighted by Crippen LogP contribution is -2.07. The van der Waals surface area contributed by atoms with Gasteiger partial charge in [0.1, 0.15) is 11.3 Å². The highest BCUT2D eigenvalue weighted by atomic mass is 79.9. The smallest absolute Gasteiger partial charge is 0.339 e. The molecule has 4 nitrogen and oxygen atoms in total. The topological polar surface area (TPSA) is 63.6 Å². The second-order valence-corrected chi connectivity index (χ2v) is 3.42. The fraction of sp³-hybridized carbons (Fsp3) is 0.200. The Morgan fingerprint density at radius 3 is 2.60 bits per heavy atom. The normalized spacial score (nSPS) is 9.73. The number of halogens is 1. The first kappa shape index (κ1) is 11.7. The van der Waals surface area contributed by atoms with Crippen LogP contribution in [0.1, 0.15) is 22.8 Å². The molecule has 15 heavy (non-hydrogen) atoms. The Kier molecular flexibility index (Phi) is 3.85. The molecule has 0 aliphatic heterocycles. The minimum Gasteiger partial charge on any atom is -0.478 e. The fourth-order valence-electron chi connectivity index (χ4n) is 1.07. The predicted molar refractivity (Wildman–Crippen MR) is 57.3 cm³/mol. The monoisotopic (exact) mass is 272 g/mol. The molecule has 0 spiro atoms. The van der Waals surface area contributed by atoms with E-state index in [1.807, 2.05) is 0 Å². The van der Waals surface area contributed by atoms with E-state index < -0.39 is 11.9 Å². The van der Waals surface area contributed by atoms with Crippen molar-refractivity contribution in [2.24, 2.45) is 0 Å². The van der Waals surface area contributed by atoms with Crippen LogP contribution in [-0.4, -0.2) is 17.0 Å². The van der Waals surface area contributed by atoms with Gasteiger partial charge in [0, 0.05) is 12.3 Å². The van der Waals surface area contributed by atoms with Crippen LogP contribution in [0.2, 0.25) is 0 Å². The number of carboxylic acids is 1. The largest absolute Gasteiger partial charge is 0.478 e. The summed E-state index contributed by atoms with van der Waals surface area (Å²) >= 11 is 3.22. The summed E-state index contributed by atoms with van der Waals surface area (Å²) in [5.74, 6) is -1.59. The maximum atomic E-state index is 10.9. The van der Waals surface area contributed by atoms with Gasteiger partial charge in [-0.2, -0.15) is 0 Å². The molecular weight excluding hydrogens is 264 g/mol. The van der Waals surface area contributed by atoms with Crippen molar-refractivity contribution < 1.29 is 19.4 Å². The van der Waals surface area contributed by atoms with E-state index >= 15 is 0 Å². The highest BCUT2D eigenvalue weighted by Gasteiger charge is 2.13. The van der Waals surface area contributed by atoms with Crippen molar-refractivity contribution in [2.75, 3.05) is 0 Å². The van der Waals surface area contributed by atoms with E-state index in [4.69, 9.17) is 9.84 Å². The van der Waals surface area contributed by atoms with Crippen LogP contribution in [0, 0.1) is 0 Å². The van der Waals surface area contributed by atoms with Gasteiger partial charge in [0.05, 0.1) is 0 Å². The first-order valence-corrected chi connectivity index (χ1v) is 5.27. The highest BCUT2D eigenvalue weighted by Crippen LogP contribution is 2.21. The maximum Gasteiger partial charge on any atom is 0.339 e. The number of hydrogen-bond donors (Lipinski definition) is 1. The van der Waals surface area contributed by atoms with E-state index in [1.165, 1.54) is 19.1 Å². The van der Waals surface area contributed by atoms with E-state index in [9.17, 15) is 9.59 Å². The molecule has 0 fully saturated rings. The van der Waals surface area contributed by atoms with Gasteiger partial charge in [-0.15, -0.1) is 0 Å². The molecule has 0 amide bonds. The zero-order valence-corrected chi connectivity index (χ0v) is 9.58. The SMILES string of the molecule is CC(=O)Oc1ccc(CBr)cc1C(=O)O. The lowest BCUT2D eigenvalue weighted by Gasteiger charge is -2.06. The molecule has 0 bridgehead atoms. The van der Waals surface area contributed by atoms with Crippen molar-refractivity contribution in [1.29, 1.82) is 0 Å². The van der Waals surface area contributed by atoms with Gasteiger partial charge in [-0.3, -0.25) is 4.79 Å². The lowest BCUT2D eigenvalue weighted by molar-refractivity contribution is -0.131. The molecule has 0 saturated heterocycles.